The molecular weight excluding hydrogens is 183 g/mol. The fourth-order valence-corrected chi connectivity index (χ4v) is 1.17. The van der Waals surface area contributed by atoms with Crippen molar-refractivity contribution >= 4 is 34.6 Å². The Kier molecular flexibility index (Phi) is 2.16. The molecule has 60 valence electrons. The second-order valence-corrected chi connectivity index (χ2v) is 3.09. The Morgan fingerprint density at radius 1 is 1.27 bits per heavy atom. The van der Waals surface area contributed by atoms with Gasteiger partial charge in [-0.25, -0.2) is 0 Å². The fraction of sp³-hybridized carbons (Fsp3) is 0.143. The van der Waals surface area contributed by atoms with Gasteiger partial charge in [0, 0.05) is 5.02 Å². The molecule has 0 atom stereocenters. The van der Waals surface area contributed by atoms with Gasteiger partial charge in [0.2, 0.25) is 0 Å². The maximum absolute atomic E-state index is 5.77. The Morgan fingerprint density at radius 2 is 1.82 bits per heavy atom. The third-order valence-corrected chi connectivity index (χ3v) is 2.35. The summed E-state index contributed by atoms with van der Waals surface area (Å²) >= 11 is 11.5. The van der Waals surface area contributed by atoms with E-state index in [-0.39, 0.29) is 0 Å². The summed E-state index contributed by atoms with van der Waals surface area (Å²) in [4.78, 5) is 0. The third kappa shape index (κ3) is 1.37. The molecule has 0 spiro atoms. The molecule has 1 rings (SSSR count). The first-order valence-electron chi connectivity index (χ1n) is 3.03. The Balaban J connectivity index is 3.46. The molecule has 11 heavy (non-hydrogen) atoms. The summed E-state index contributed by atoms with van der Waals surface area (Å²) in [6, 6.07) is 1.59. The summed E-state index contributed by atoms with van der Waals surface area (Å²) in [5, 5.41) is 0.927. The quantitative estimate of drug-likeness (QED) is 0.618. The number of halogens is 2. The van der Waals surface area contributed by atoms with Crippen molar-refractivity contribution < 1.29 is 0 Å². The second-order valence-electron chi connectivity index (χ2n) is 2.30. The lowest BCUT2D eigenvalue weighted by Crippen LogP contribution is -1.96. The Hall–Kier alpha value is -0.600. The predicted molar refractivity (Wildman–Crippen MR) is 50.0 cm³/mol. The molecule has 0 aromatic heterocycles. The number of benzene rings is 1. The number of nitrogens with two attached hydrogens (primary N) is 2. The average molecular weight is 191 g/mol. The smallest absolute Gasteiger partial charge is 0.0868 e. The maximum Gasteiger partial charge on any atom is 0.0868 e. The number of nitrogen functional groups attached to an aromatic ring is 2. The van der Waals surface area contributed by atoms with Crippen LogP contribution >= 0.6 is 23.2 Å². The minimum Gasteiger partial charge on any atom is -0.397 e. The molecule has 0 aliphatic carbocycles. The molecule has 0 radical (unpaired) electrons. The molecule has 0 fully saturated rings. The molecule has 0 amide bonds. The fourth-order valence-electron chi connectivity index (χ4n) is 0.757. The molecule has 2 nitrogen and oxygen atoms in total. The zero-order chi connectivity index (χ0) is 8.59. The molecule has 0 unspecified atom stereocenters. The van der Waals surface area contributed by atoms with Gasteiger partial charge in [-0.1, -0.05) is 23.2 Å². The molecule has 0 heterocycles. The number of anilines is 2. The van der Waals surface area contributed by atoms with Crippen LogP contribution in [0.2, 0.25) is 10.0 Å². The van der Waals surface area contributed by atoms with Crippen LogP contribution in [0.5, 0.6) is 0 Å². The highest BCUT2D eigenvalue weighted by Crippen LogP contribution is 2.33. The second kappa shape index (κ2) is 2.80. The normalized spacial score (nSPS) is 10.1. The standard InChI is InChI=1S/C7H8Cl2N2/c1-3-4(8)2-5(10)6(9)7(3)11/h2H,10-11H2,1H3. The van der Waals surface area contributed by atoms with E-state index in [2.05, 4.69) is 0 Å². The van der Waals surface area contributed by atoms with E-state index in [0.717, 1.165) is 5.56 Å². The number of hydrogen-bond acceptors (Lipinski definition) is 2. The van der Waals surface area contributed by atoms with Gasteiger partial charge in [0.05, 0.1) is 16.4 Å². The molecule has 0 saturated heterocycles. The van der Waals surface area contributed by atoms with Gasteiger partial charge in [0.1, 0.15) is 0 Å². The van der Waals surface area contributed by atoms with Crippen LogP contribution in [0.25, 0.3) is 0 Å². The Bertz CT molecular complexity index is 271. The maximum atomic E-state index is 5.77. The van der Waals surface area contributed by atoms with Gasteiger partial charge in [-0.2, -0.15) is 0 Å². The van der Waals surface area contributed by atoms with Crippen LogP contribution in [-0.2, 0) is 0 Å². The average Bonchev–Trinajstić information content (AvgIpc) is 1.97. The third-order valence-electron chi connectivity index (χ3n) is 1.53. The SMILES string of the molecule is Cc1c(Cl)cc(N)c(Cl)c1N. The lowest BCUT2D eigenvalue weighted by atomic mass is 10.2. The summed E-state index contributed by atoms with van der Waals surface area (Å²) in [5.41, 5.74) is 12.7. The molecule has 0 bridgehead atoms. The van der Waals surface area contributed by atoms with Gasteiger partial charge in [-0.15, -0.1) is 0 Å². The molecule has 0 saturated carbocycles. The van der Waals surface area contributed by atoms with Gasteiger partial charge in [0.25, 0.3) is 0 Å². The van der Waals surface area contributed by atoms with Crippen LogP contribution in [0.4, 0.5) is 11.4 Å². The molecule has 4 N–H and O–H groups in total. The van der Waals surface area contributed by atoms with Crippen molar-refractivity contribution in [2.45, 2.75) is 6.92 Å². The van der Waals surface area contributed by atoms with Gasteiger partial charge in [-0.05, 0) is 18.6 Å². The largest absolute Gasteiger partial charge is 0.397 e. The van der Waals surface area contributed by atoms with Crippen LogP contribution in [0.1, 0.15) is 5.56 Å². The lowest BCUT2D eigenvalue weighted by Gasteiger charge is -2.06. The first kappa shape index (κ1) is 8.50. The van der Waals surface area contributed by atoms with E-state index in [1.165, 1.54) is 0 Å². The first-order valence-corrected chi connectivity index (χ1v) is 3.79. The summed E-state index contributed by atoms with van der Waals surface area (Å²) in [5.74, 6) is 0. The first-order chi connectivity index (χ1) is 5.04. The number of hydrogen-bond donors (Lipinski definition) is 2. The summed E-state index contributed by atoms with van der Waals surface area (Å²) < 4.78 is 0. The predicted octanol–water partition coefficient (Wildman–Crippen LogP) is 2.47. The van der Waals surface area contributed by atoms with E-state index < -0.39 is 0 Å². The minimum absolute atomic E-state index is 0.381. The molecule has 4 heteroatoms. The molecule has 0 aliphatic rings. The molecule has 0 aliphatic heterocycles. The topological polar surface area (TPSA) is 52.0 Å². The van der Waals surface area contributed by atoms with Crippen molar-refractivity contribution in [2.24, 2.45) is 0 Å². The zero-order valence-corrected chi connectivity index (χ0v) is 7.50. The molecule has 1 aromatic carbocycles. The highest BCUT2D eigenvalue weighted by atomic mass is 35.5. The van der Waals surface area contributed by atoms with Crippen LogP contribution in [0.3, 0.4) is 0 Å². The van der Waals surface area contributed by atoms with Crippen molar-refractivity contribution in [1.82, 2.24) is 0 Å². The van der Waals surface area contributed by atoms with Crippen LogP contribution in [0, 0.1) is 6.92 Å². The van der Waals surface area contributed by atoms with E-state index >= 15 is 0 Å². The van der Waals surface area contributed by atoms with E-state index in [9.17, 15) is 0 Å². The van der Waals surface area contributed by atoms with Crippen molar-refractivity contribution in [3.8, 4) is 0 Å². The lowest BCUT2D eigenvalue weighted by molar-refractivity contribution is 1.47. The van der Waals surface area contributed by atoms with Crippen LogP contribution in [-0.4, -0.2) is 0 Å². The van der Waals surface area contributed by atoms with Crippen molar-refractivity contribution in [1.29, 1.82) is 0 Å². The van der Waals surface area contributed by atoms with Crippen molar-refractivity contribution in [2.75, 3.05) is 11.5 Å². The van der Waals surface area contributed by atoms with Crippen molar-refractivity contribution in [3.63, 3.8) is 0 Å². The molecular formula is C7H8Cl2N2. The van der Waals surface area contributed by atoms with Gasteiger partial charge in [0.15, 0.2) is 0 Å². The minimum atomic E-state index is 0.381. The number of rotatable bonds is 0. The summed E-state index contributed by atoms with van der Waals surface area (Å²) in [6.45, 7) is 1.79. The monoisotopic (exact) mass is 190 g/mol. The Labute approximate surface area is 75.1 Å². The summed E-state index contributed by atoms with van der Waals surface area (Å²) in [6.07, 6.45) is 0. The van der Waals surface area contributed by atoms with Crippen LogP contribution in [0.15, 0.2) is 6.07 Å². The van der Waals surface area contributed by atoms with Gasteiger partial charge in [-0.3, -0.25) is 0 Å². The van der Waals surface area contributed by atoms with E-state index in [1.54, 1.807) is 13.0 Å². The zero-order valence-electron chi connectivity index (χ0n) is 5.99. The molecule has 1 aromatic rings. The Morgan fingerprint density at radius 3 is 2.36 bits per heavy atom. The van der Waals surface area contributed by atoms with Gasteiger partial charge >= 0.3 is 0 Å². The van der Waals surface area contributed by atoms with E-state index in [0.29, 0.717) is 21.4 Å². The van der Waals surface area contributed by atoms with Crippen molar-refractivity contribution in [3.05, 3.63) is 21.7 Å². The van der Waals surface area contributed by atoms with Crippen LogP contribution < -0.4 is 11.5 Å². The van der Waals surface area contributed by atoms with E-state index in [1.807, 2.05) is 0 Å². The summed E-state index contributed by atoms with van der Waals surface area (Å²) in [7, 11) is 0. The highest BCUT2D eigenvalue weighted by Gasteiger charge is 2.07. The highest BCUT2D eigenvalue weighted by molar-refractivity contribution is 6.38. The van der Waals surface area contributed by atoms with Gasteiger partial charge < -0.3 is 11.5 Å². The van der Waals surface area contributed by atoms with E-state index in [4.69, 9.17) is 34.7 Å².